The molecule has 7 nitrogen and oxygen atoms in total. The van der Waals surface area contributed by atoms with Crippen molar-refractivity contribution in [1.82, 2.24) is 19.9 Å². The third-order valence-electron chi connectivity index (χ3n) is 2.33. The highest BCUT2D eigenvalue weighted by molar-refractivity contribution is 5.92. The molecule has 1 N–H and O–H groups in total. The van der Waals surface area contributed by atoms with Gasteiger partial charge in [0.2, 0.25) is 0 Å². The molecule has 0 unspecified atom stereocenters. The van der Waals surface area contributed by atoms with E-state index in [0.717, 1.165) is 0 Å². The number of carbonyl (C=O) groups excluding carboxylic acids is 2. The number of hydrogen-bond donors (Lipinski definition) is 1. The molecule has 0 spiro atoms. The minimum atomic E-state index is -0.366. The average Bonchev–Trinajstić information content (AvgIpc) is 2.85. The van der Waals surface area contributed by atoms with Gasteiger partial charge in [0.25, 0.3) is 5.91 Å². The predicted octanol–water partition coefficient (Wildman–Crippen LogP) is 0.0222. The van der Waals surface area contributed by atoms with E-state index in [1.807, 2.05) is 0 Å². The normalized spacial score (nSPS) is 10.3. The molecule has 0 aliphatic carbocycles. The van der Waals surface area contributed by atoms with Crippen LogP contribution < -0.4 is 5.32 Å². The van der Waals surface area contributed by atoms with Gasteiger partial charge in [-0.05, 0) is 6.07 Å². The molecular weight excluding hydrogens is 236 g/mol. The zero-order valence-corrected chi connectivity index (χ0v) is 9.79. The van der Waals surface area contributed by atoms with Crippen LogP contribution in [0.5, 0.6) is 0 Å². The van der Waals surface area contributed by atoms with Crippen molar-refractivity contribution in [2.24, 2.45) is 0 Å². The van der Waals surface area contributed by atoms with Crippen molar-refractivity contribution in [1.29, 1.82) is 0 Å². The van der Waals surface area contributed by atoms with Gasteiger partial charge >= 0.3 is 5.97 Å². The van der Waals surface area contributed by atoms with Gasteiger partial charge in [-0.2, -0.15) is 5.10 Å². The summed E-state index contributed by atoms with van der Waals surface area (Å²) in [5.41, 5.74) is 0.878. The summed E-state index contributed by atoms with van der Waals surface area (Å²) in [6.45, 7) is 0.220. The predicted molar refractivity (Wildman–Crippen MR) is 62.0 cm³/mol. The first-order chi connectivity index (χ1) is 8.70. The van der Waals surface area contributed by atoms with Gasteiger partial charge in [-0.1, -0.05) is 0 Å². The largest absolute Gasteiger partial charge is 0.469 e. The highest BCUT2D eigenvalue weighted by atomic mass is 16.5. The monoisotopic (exact) mass is 248 g/mol. The van der Waals surface area contributed by atoms with E-state index in [9.17, 15) is 9.59 Å². The van der Waals surface area contributed by atoms with Gasteiger partial charge in [0.05, 0.1) is 19.7 Å². The van der Waals surface area contributed by atoms with Crippen LogP contribution in [0.3, 0.4) is 0 Å². The molecule has 0 aromatic carbocycles. The molecule has 2 aromatic rings. The molecule has 0 aliphatic heterocycles. The van der Waals surface area contributed by atoms with E-state index in [4.69, 9.17) is 0 Å². The summed E-state index contributed by atoms with van der Waals surface area (Å²) in [6.07, 6.45) is 3.38. The highest BCUT2D eigenvalue weighted by Crippen LogP contribution is 2.00. The summed E-state index contributed by atoms with van der Waals surface area (Å²) < 4.78 is 6.03. The molecule has 94 valence electrons. The SMILES string of the molecule is COC(=O)CCNC(=O)c1ccn2nccc2n1. The van der Waals surface area contributed by atoms with E-state index >= 15 is 0 Å². The third kappa shape index (κ3) is 2.62. The summed E-state index contributed by atoms with van der Waals surface area (Å²) in [6, 6.07) is 3.26. The van der Waals surface area contributed by atoms with E-state index in [2.05, 4.69) is 20.1 Å². The second-order valence-electron chi connectivity index (χ2n) is 3.53. The minimum Gasteiger partial charge on any atom is -0.469 e. The van der Waals surface area contributed by atoms with E-state index in [1.165, 1.54) is 7.11 Å². The molecule has 1 amide bonds. The van der Waals surface area contributed by atoms with Crippen molar-refractivity contribution < 1.29 is 14.3 Å². The number of esters is 1. The zero-order valence-electron chi connectivity index (χ0n) is 9.79. The molecule has 2 rings (SSSR count). The maximum absolute atomic E-state index is 11.7. The molecule has 0 radical (unpaired) electrons. The van der Waals surface area contributed by atoms with Crippen LogP contribution in [-0.2, 0) is 9.53 Å². The Balaban J connectivity index is 1.97. The second-order valence-corrected chi connectivity index (χ2v) is 3.53. The van der Waals surface area contributed by atoms with Crippen LogP contribution in [0.15, 0.2) is 24.5 Å². The fourth-order valence-electron chi connectivity index (χ4n) is 1.41. The standard InChI is InChI=1S/C11H12N4O3/c1-18-10(16)3-5-12-11(17)8-4-7-15-9(14-8)2-6-13-15/h2,4,6-7H,3,5H2,1H3,(H,12,17). The maximum Gasteiger partial charge on any atom is 0.307 e. The number of ether oxygens (including phenoxy) is 1. The van der Waals surface area contributed by atoms with Crippen LogP contribution in [0.4, 0.5) is 0 Å². The van der Waals surface area contributed by atoms with Gasteiger partial charge < -0.3 is 10.1 Å². The summed E-state index contributed by atoms with van der Waals surface area (Å²) in [4.78, 5) is 26.7. The Bertz CT molecular complexity index is 578. The van der Waals surface area contributed by atoms with Crippen molar-refractivity contribution in [2.45, 2.75) is 6.42 Å². The number of aromatic nitrogens is 3. The average molecular weight is 248 g/mol. The molecule has 2 aromatic heterocycles. The molecule has 0 saturated carbocycles. The van der Waals surface area contributed by atoms with Crippen LogP contribution in [-0.4, -0.2) is 40.1 Å². The lowest BCUT2D eigenvalue weighted by Gasteiger charge is -2.04. The summed E-state index contributed by atoms with van der Waals surface area (Å²) in [5, 5.41) is 6.57. The molecule has 0 atom stereocenters. The Hall–Kier alpha value is -2.44. The van der Waals surface area contributed by atoms with Crippen LogP contribution >= 0.6 is 0 Å². The van der Waals surface area contributed by atoms with Crippen LogP contribution in [0.2, 0.25) is 0 Å². The Morgan fingerprint density at radius 1 is 1.44 bits per heavy atom. The number of methoxy groups -OCH3 is 1. The van der Waals surface area contributed by atoms with Crippen molar-refractivity contribution >= 4 is 17.5 Å². The third-order valence-corrected chi connectivity index (χ3v) is 2.33. The maximum atomic E-state index is 11.7. The molecule has 18 heavy (non-hydrogen) atoms. The van der Waals surface area contributed by atoms with Crippen LogP contribution in [0.1, 0.15) is 16.9 Å². The molecule has 7 heteroatoms. The second kappa shape index (κ2) is 5.26. The van der Waals surface area contributed by atoms with E-state index in [-0.39, 0.29) is 30.5 Å². The van der Waals surface area contributed by atoms with Crippen molar-refractivity contribution in [2.75, 3.05) is 13.7 Å². The van der Waals surface area contributed by atoms with Crippen molar-refractivity contribution in [3.8, 4) is 0 Å². The summed E-state index contributed by atoms with van der Waals surface area (Å²) in [5.74, 6) is -0.697. The number of nitrogens with zero attached hydrogens (tertiary/aromatic N) is 3. The lowest BCUT2D eigenvalue weighted by molar-refractivity contribution is -0.140. The topological polar surface area (TPSA) is 85.6 Å². The number of nitrogens with one attached hydrogen (secondary N) is 1. The van der Waals surface area contributed by atoms with Gasteiger partial charge in [-0.15, -0.1) is 0 Å². The van der Waals surface area contributed by atoms with E-state index in [1.54, 1.807) is 29.0 Å². The fourth-order valence-corrected chi connectivity index (χ4v) is 1.41. The summed E-state index contributed by atoms with van der Waals surface area (Å²) in [7, 11) is 1.30. The molecular formula is C11H12N4O3. The smallest absolute Gasteiger partial charge is 0.307 e. The number of hydrogen-bond acceptors (Lipinski definition) is 5. The molecule has 0 saturated heterocycles. The van der Waals surface area contributed by atoms with Crippen molar-refractivity contribution in [3.63, 3.8) is 0 Å². The van der Waals surface area contributed by atoms with Crippen molar-refractivity contribution in [3.05, 3.63) is 30.2 Å². The number of amides is 1. The van der Waals surface area contributed by atoms with E-state index in [0.29, 0.717) is 5.65 Å². The first-order valence-corrected chi connectivity index (χ1v) is 5.36. The highest BCUT2D eigenvalue weighted by Gasteiger charge is 2.09. The Morgan fingerprint density at radius 3 is 3.06 bits per heavy atom. The first kappa shape index (κ1) is 12.0. The molecule has 0 fully saturated rings. The summed E-state index contributed by atoms with van der Waals surface area (Å²) >= 11 is 0. The lowest BCUT2D eigenvalue weighted by atomic mass is 10.3. The van der Waals surface area contributed by atoms with Gasteiger partial charge in [0, 0.05) is 18.8 Å². The van der Waals surface area contributed by atoms with Crippen LogP contribution in [0.25, 0.3) is 5.65 Å². The van der Waals surface area contributed by atoms with E-state index < -0.39 is 0 Å². The van der Waals surface area contributed by atoms with Gasteiger partial charge in [0.15, 0.2) is 5.65 Å². The first-order valence-electron chi connectivity index (χ1n) is 5.36. The minimum absolute atomic E-state index is 0.136. The van der Waals surface area contributed by atoms with Crippen LogP contribution in [0, 0.1) is 0 Å². The molecule has 0 aliphatic rings. The number of fused-ring (bicyclic) bond motifs is 1. The Labute approximate surface area is 103 Å². The quantitative estimate of drug-likeness (QED) is 0.771. The van der Waals surface area contributed by atoms with Gasteiger partial charge in [-0.25, -0.2) is 9.50 Å². The lowest BCUT2D eigenvalue weighted by Crippen LogP contribution is -2.27. The number of rotatable bonds is 4. The molecule has 0 bridgehead atoms. The molecule has 2 heterocycles. The van der Waals surface area contributed by atoms with Gasteiger partial charge in [0.1, 0.15) is 5.69 Å². The Morgan fingerprint density at radius 2 is 2.28 bits per heavy atom. The van der Waals surface area contributed by atoms with Gasteiger partial charge in [-0.3, -0.25) is 9.59 Å². The Kier molecular flexibility index (Phi) is 3.52. The fraction of sp³-hybridized carbons (Fsp3) is 0.273. The zero-order chi connectivity index (χ0) is 13.0. The number of carbonyl (C=O) groups is 2.